The molecule has 0 amide bonds. The van der Waals surface area contributed by atoms with E-state index >= 15 is 0 Å². The van der Waals surface area contributed by atoms with Crippen molar-refractivity contribution in [3.05, 3.63) is 29.3 Å². The molecule has 0 saturated heterocycles. The molecule has 0 aromatic heterocycles. The third-order valence-corrected chi connectivity index (χ3v) is 1.73. The largest absolute Gasteiger partial charge is 0.416 e. The van der Waals surface area contributed by atoms with Crippen molar-refractivity contribution in [1.82, 2.24) is 0 Å². The molecule has 0 heterocycles. The number of azo groups is 1. The normalized spacial score (nSPS) is 12.4. The molecule has 14 heavy (non-hydrogen) atoms. The molecule has 0 aliphatic heterocycles. The molecule has 0 bridgehead atoms. The highest BCUT2D eigenvalue weighted by Gasteiger charge is 2.30. The molecule has 0 saturated carbocycles. The molecule has 0 atom stereocenters. The van der Waals surface area contributed by atoms with E-state index in [1.54, 1.807) is 6.92 Å². The van der Waals surface area contributed by atoms with Gasteiger partial charge in [-0.25, -0.2) is 0 Å². The molecule has 0 spiro atoms. The minimum absolute atomic E-state index is 0.459. The number of alkyl halides is 3. The lowest BCUT2D eigenvalue weighted by molar-refractivity contribution is -0.137. The maximum atomic E-state index is 12.2. The fourth-order valence-corrected chi connectivity index (χ4v) is 1.05. The predicted molar refractivity (Wildman–Crippen MR) is 46.6 cm³/mol. The second kappa shape index (κ2) is 3.77. The maximum Gasteiger partial charge on any atom is 0.416 e. The Kier molecular flexibility index (Phi) is 2.88. The first kappa shape index (κ1) is 10.7. The number of rotatable bonds is 1. The quantitative estimate of drug-likeness (QED) is 0.620. The fourth-order valence-electron chi connectivity index (χ4n) is 1.05. The summed E-state index contributed by atoms with van der Waals surface area (Å²) in [6.45, 7) is 1.57. The van der Waals surface area contributed by atoms with E-state index in [2.05, 4.69) is 10.2 Å². The van der Waals surface area contributed by atoms with Crippen molar-refractivity contribution in [3.8, 4) is 0 Å². The van der Waals surface area contributed by atoms with E-state index in [9.17, 15) is 13.2 Å². The SMILES string of the molecule is CN=Nc1ccc(C(F)(F)F)cc1C. The fraction of sp³-hybridized carbons (Fsp3) is 0.333. The van der Waals surface area contributed by atoms with Gasteiger partial charge < -0.3 is 0 Å². The van der Waals surface area contributed by atoms with Crippen LogP contribution in [-0.2, 0) is 6.18 Å². The Morgan fingerprint density at radius 1 is 1.21 bits per heavy atom. The van der Waals surface area contributed by atoms with Gasteiger partial charge in [0.15, 0.2) is 0 Å². The highest BCUT2D eigenvalue weighted by molar-refractivity contribution is 5.47. The van der Waals surface area contributed by atoms with Gasteiger partial charge in [0.2, 0.25) is 0 Å². The lowest BCUT2D eigenvalue weighted by atomic mass is 10.1. The minimum Gasteiger partial charge on any atom is -0.192 e. The molecule has 0 N–H and O–H groups in total. The molecule has 2 nitrogen and oxygen atoms in total. The summed E-state index contributed by atoms with van der Waals surface area (Å²) < 4.78 is 36.7. The van der Waals surface area contributed by atoms with Crippen LogP contribution in [-0.4, -0.2) is 7.05 Å². The van der Waals surface area contributed by atoms with Crippen LogP contribution >= 0.6 is 0 Å². The topological polar surface area (TPSA) is 24.7 Å². The van der Waals surface area contributed by atoms with Crippen LogP contribution in [0.4, 0.5) is 18.9 Å². The highest BCUT2D eigenvalue weighted by Crippen LogP contribution is 2.32. The van der Waals surface area contributed by atoms with Crippen LogP contribution in [0.5, 0.6) is 0 Å². The van der Waals surface area contributed by atoms with Crippen LogP contribution in [0.2, 0.25) is 0 Å². The summed E-state index contributed by atoms with van der Waals surface area (Å²) in [6, 6.07) is 3.37. The predicted octanol–water partition coefficient (Wildman–Crippen LogP) is 3.73. The van der Waals surface area contributed by atoms with Gasteiger partial charge in [-0.05, 0) is 30.7 Å². The summed E-state index contributed by atoms with van der Waals surface area (Å²) >= 11 is 0. The third kappa shape index (κ3) is 2.31. The second-order valence-corrected chi connectivity index (χ2v) is 2.80. The van der Waals surface area contributed by atoms with Gasteiger partial charge in [0, 0.05) is 7.05 Å². The standard InChI is InChI=1S/C9H9F3N2/c1-6-5-7(9(10,11)12)3-4-8(6)14-13-2/h3-5H,1-2H3. The molecule has 5 heteroatoms. The summed E-state index contributed by atoms with van der Waals surface area (Å²) in [6.07, 6.45) is -4.30. The van der Waals surface area contributed by atoms with Crippen molar-refractivity contribution in [1.29, 1.82) is 0 Å². The molecule has 76 valence electrons. The van der Waals surface area contributed by atoms with E-state index in [4.69, 9.17) is 0 Å². The Morgan fingerprint density at radius 3 is 2.29 bits per heavy atom. The number of benzene rings is 1. The zero-order valence-corrected chi connectivity index (χ0v) is 7.76. The molecule has 0 radical (unpaired) electrons. The summed E-state index contributed by atoms with van der Waals surface area (Å²) in [4.78, 5) is 0. The third-order valence-electron chi connectivity index (χ3n) is 1.73. The molecule has 1 aromatic rings. The smallest absolute Gasteiger partial charge is 0.192 e. The van der Waals surface area contributed by atoms with E-state index in [1.807, 2.05) is 0 Å². The Balaban J connectivity index is 3.13. The Bertz CT molecular complexity index is 356. The summed E-state index contributed by atoms with van der Waals surface area (Å²) in [5.41, 5.74) is 0.260. The first-order valence-electron chi connectivity index (χ1n) is 3.93. The van der Waals surface area contributed by atoms with Gasteiger partial charge in [-0.15, -0.1) is 0 Å². The van der Waals surface area contributed by atoms with E-state index in [0.717, 1.165) is 12.1 Å². The van der Waals surface area contributed by atoms with Crippen molar-refractivity contribution >= 4 is 5.69 Å². The lowest BCUT2D eigenvalue weighted by Crippen LogP contribution is -2.04. The lowest BCUT2D eigenvalue weighted by Gasteiger charge is -2.07. The van der Waals surface area contributed by atoms with Crippen LogP contribution in [0, 0.1) is 6.92 Å². The molecule has 0 aliphatic carbocycles. The van der Waals surface area contributed by atoms with Crippen molar-refractivity contribution in [2.24, 2.45) is 10.2 Å². The van der Waals surface area contributed by atoms with Gasteiger partial charge in [-0.2, -0.15) is 23.4 Å². The van der Waals surface area contributed by atoms with Gasteiger partial charge in [0.1, 0.15) is 0 Å². The monoisotopic (exact) mass is 202 g/mol. The van der Waals surface area contributed by atoms with Gasteiger partial charge >= 0.3 is 6.18 Å². The van der Waals surface area contributed by atoms with Gasteiger partial charge in [-0.1, -0.05) is 0 Å². The molecular formula is C9H9F3N2. The first-order valence-corrected chi connectivity index (χ1v) is 3.93. The summed E-state index contributed by atoms with van der Waals surface area (Å²) in [5, 5.41) is 7.19. The van der Waals surface area contributed by atoms with Crippen LogP contribution in [0.1, 0.15) is 11.1 Å². The first-order chi connectivity index (χ1) is 6.45. The minimum atomic E-state index is -4.30. The van der Waals surface area contributed by atoms with Crippen LogP contribution in [0.15, 0.2) is 28.4 Å². The Labute approximate surface area is 79.5 Å². The van der Waals surface area contributed by atoms with Crippen LogP contribution in [0.3, 0.4) is 0 Å². The average molecular weight is 202 g/mol. The van der Waals surface area contributed by atoms with E-state index in [0.29, 0.717) is 11.3 Å². The zero-order valence-electron chi connectivity index (χ0n) is 7.76. The summed E-state index contributed by atoms with van der Waals surface area (Å²) in [7, 11) is 1.47. The molecule has 0 aliphatic rings. The molecule has 1 rings (SSSR count). The van der Waals surface area contributed by atoms with Crippen molar-refractivity contribution in [2.45, 2.75) is 13.1 Å². The van der Waals surface area contributed by atoms with Crippen LogP contribution in [0.25, 0.3) is 0 Å². The number of nitrogens with zero attached hydrogens (tertiary/aromatic N) is 2. The zero-order chi connectivity index (χ0) is 10.8. The number of aryl methyl sites for hydroxylation is 1. The molecule has 0 fully saturated rings. The van der Waals surface area contributed by atoms with Crippen molar-refractivity contribution < 1.29 is 13.2 Å². The molecule has 0 unspecified atom stereocenters. The Hall–Kier alpha value is -1.39. The van der Waals surface area contributed by atoms with Gasteiger partial charge in [0.05, 0.1) is 11.3 Å². The number of hydrogen-bond acceptors (Lipinski definition) is 2. The van der Waals surface area contributed by atoms with Crippen LogP contribution < -0.4 is 0 Å². The second-order valence-electron chi connectivity index (χ2n) is 2.80. The van der Waals surface area contributed by atoms with E-state index < -0.39 is 11.7 Å². The van der Waals surface area contributed by atoms with Gasteiger partial charge in [-0.3, -0.25) is 0 Å². The average Bonchev–Trinajstić information content (AvgIpc) is 2.07. The number of hydrogen-bond donors (Lipinski definition) is 0. The number of halogens is 3. The highest BCUT2D eigenvalue weighted by atomic mass is 19.4. The van der Waals surface area contributed by atoms with Crippen molar-refractivity contribution in [2.75, 3.05) is 7.05 Å². The van der Waals surface area contributed by atoms with E-state index in [-0.39, 0.29) is 0 Å². The summed E-state index contributed by atoms with van der Waals surface area (Å²) in [5.74, 6) is 0. The molecule has 1 aromatic carbocycles. The molecular weight excluding hydrogens is 193 g/mol. The van der Waals surface area contributed by atoms with Crippen molar-refractivity contribution in [3.63, 3.8) is 0 Å². The van der Waals surface area contributed by atoms with Gasteiger partial charge in [0.25, 0.3) is 0 Å². The maximum absolute atomic E-state index is 12.2. The van der Waals surface area contributed by atoms with E-state index in [1.165, 1.54) is 13.1 Å². The Morgan fingerprint density at radius 2 is 1.86 bits per heavy atom.